The lowest BCUT2D eigenvalue weighted by molar-refractivity contribution is 0.132. The van der Waals surface area contributed by atoms with Crippen LogP contribution in [0.15, 0.2) is 36.5 Å². The number of imidazole rings is 1. The SMILES string of the molecule is Cn1c(CN2CCCC[C@H]2c2ccn[nH]2)nc2ccccc21. The Morgan fingerprint density at radius 2 is 2.14 bits per heavy atom. The molecule has 22 heavy (non-hydrogen) atoms. The van der Waals surface area contributed by atoms with E-state index in [-0.39, 0.29) is 0 Å². The fourth-order valence-corrected chi connectivity index (χ4v) is 3.50. The molecule has 2 aromatic heterocycles. The topological polar surface area (TPSA) is 49.7 Å². The first kappa shape index (κ1) is 13.5. The number of aryl methyl sites for hydroxylation is 1. The number of piperidine rings is 1. The van der Waals surface area contributed by atoms with E-state index < -0.39 is 0 Å². The minimum Gasteiger partial charge on any atom is -0.330 e. The van der Waals surface area contributed by atoms with E-state index in [0.29, 0.717) is 6.04 Å². The third-order valence-corrected chi connectivity index (χ3v) is 4.72. The van der Waals surface area contributed by atoms with Gasteiger partial charge in [0.1, 0.15) is 5.82 Å². The summed E-state index contributed by atoms with van der Waals surface area (Å²) in [6, 6.07) is 10.9. The van der Waals surface area contributed by atoms with E-state index in [1.807, 2.05) is 12.3 Å². The highest BCUT2D eigenvalue weighted by Gasteiger charge is 2.26. The van der Waals surface area contributed by atoms with Crippen molar-refractivity contribution in [2.24, 2.45) is 7.05 Å². The Labute approximate surface area is 130 Å². The minimum absolute atomic E-state index is 0.427. The highest BCUT2D eigenvalue weighted by atomic mass is 15.2. The van der Waals surface area contributed by atoms with E-state index in [1.165, 1.54) is 30.5 Å². The van der Waals surface area contributed by atoms with Gasteiger partial charge in [0.2, 0.25) is 0 Å². The molecule has 1 atom stereocenters. The van der Waals surface area contributed by atoms with E-state index in [4.69, 9.17) is 4.98 Å². The van der Waals surface area contributed by atoms with Gasteiger partial charge in [-0.2, -0.15) is 5.10 Å². The molecular weight excluding hydrogens is 274 g/mol. The normalized spacial score (nSPS) is 19.8. The second-order valence-electron chi connectivity index (χ2n) is 6.07. The van der Waals surface area contributed by atoms with Gasteiger partial charge in [-0.25, -0.2) is 4.98 Å². The summed E-state index contributed by atoms with van der Waals surface area (Å²) in [6.07, 6.45) is 5.57. The molecule has 0 aliphatic carbocycles. The van der Waals surface area contributed by atoms with Crippen LogP contribution in [0.25, 0.3) is 11.0 Å². The molecule has 1 aliphatic heterocycles. The number of nitrogens with zero attached hydrogens (tertiary/aromatic N) is 4. The summed E-state index contributed by atoms with van der Waals surface area (Å²) in [5.41, 5.74) is 3.50. The number of para-hydroxylation sites is 2. The monoisotopic (exact) mass is 295 g/mol. The average molecular weight is 295 g/mol. The molecule has 1 N–H and O–H groups in total. The van der Waals surface area contributed by atoms with Crippen LogP contribution in [0, 0.1) is 0 Å². The van der Waals surface area contributed by atoms with Crippen molar-refractivity contribution in [1.82, 2.24) is 24.6 Å². The number of rotatable bonds is 3. The summed E-state index contributed by atoms with van der Waals surface area (Å²) >= 11 is 0. The molecule has 114 valence electrons. The predicted molar refractivity (Wildman–Crippen MR) is 86.3 cm³/mol. The van der Waals surface area contributed by atoms with Gasteiger partial charge < -0.3 is 4.57 Å². The van der Waals surface area contributed by atoms with E-state index in [2.05, 4.69) is 51.0 Å². The lowest BCUT2D eigenvalue weighted by Crippen LogP contribution is -2.34. The van der Waals surface area contributed by atoms with E-state index >= 15 is 0 Å². The zero-order valence-corrected chi connectivity index (χ0v) is 12.9. The second-order valence-corrected chi connectivity index (χ2v) is 6.07. The fraction of sp³-hybridized carbons (Fsp3) is 0.412. The van der Waals surface area contributed by atoms with Gasteiger partial charge in [-0.3, -0.25) is 10.00 Å². The van der Waals surface area contributed by atoms with Crippen molar-refractivity contribution in [3.63, 3.8) is 0 Å². The van der Waals surface area contributed by atoms with Crippen molar-refractivity contribution in [1.29, 1.82) is 0 Å². The number of likely N-dealkylation sites (tertiary alicyclic amines) is 1. The van der Waals surface area contributed by atoms with Crippen LogP contribution < -0.4 is 0 Å². The molecule has 3 aromatic rings. The molecular formula is C17H21N5. The van der Waals surface area contributed by atoms with Crippen LogP contribution in [0.2, 0.25) is 0 Å². The molecule has 0 unspecified atom stereocenters. The van der Waals surface area contributed by atoms with Crippen molar-refractivity contribution in [3.8, 4) is 0 Å². The molecule has 1 aliphatic rings. The Hall–Kier alpha value is -2.14. The molecule has 3 heterocycles. The summed E-state index contributed by atoms with van der Waals surface area (Å²) in [7, 11) is 2.11. The van der Waals surface area contributed by atoms with E-state index in [9.17, 15) is 0 Å². The van der Waals surface area contributed by atoms with Gasteiger partial charge >= 0.3 is 0 Å². The first-order chi connectivity index (χ1) is 10.8. The molecule has 0 radical (unpaired) electrons. The Morgan fingerprint density at radius 1 is 1.23 bits per heavy atom. The molecule has 5 nitrogen and oxygen atoms in total. The van der Waals surface area contributed by atoms with Crippen LogP contribution in [0.1, 0.15) is 36.8 Å². The summed E-state index contributed by atoms with van der Waals surface area (Å²) in [5, 5.41) is 7.26. The first-order valence-electron chi connectivity index (χ1n) is 7.96. The third kappa shape index (κ3) is 2.31. The number of hydrogen-bond donors (Lipinski definition) is 1. The quantitative estimate of drug-likeness (QED) is 0.808. The average Bonchev–Trinajstić information content (AvgIpc) is 3.18. The van der Waals surface area contributed by atoms with Gasteiger partial charge in [0.25, 0.3) is 0 Å². The summed E-state index contributed by atoms with van der Waals surface area (Å²) in [6.45, 7) is 2.00. The Balaban J connectivity index is 1.64. The molecule has 0 bridgehead atoms. The molecule has 0 spiro atoms. The number of benzene rings is 1. The maximum Gasteiger partial charge on any atom is 0.123 e. The van der Waals surface area contributed by atoms with Gasteiger partial charge in [0, 0.05) is 13.2 Å². The zero-order chi connectivity index (χ0) is 14.9. The lowest BCUT2D eigenvalue weighted by Gasteiger charge is -2.34. The van der Waals surface area contributed by atoms with Gasteiger partial charge in [0.05, 0.1) is 29.3 Å². The van der Waals surface area contributed by atoms with Crippen molar-refractivity contribution >= 4 is 11.0 Å². The van der Waals surface area contributed by atoms with E-state index in [0.717, 1.165) is 24.4 Å². The fourth-order valence-electron chi connectivity index (χ4n) is 3.50. The maximum absolute atomic E-state index is 4.82. The molecule has 1 saturated heterocycles. The molecule has 1 fully saturated rings. The van der Waals surface area contributed by atoms with Gasteiger partial charge in [0.15, 0.2) is 0 Å². The van der Waals surface area contributed by atoms with Crippen LogP contribution in [-0.2, 0) is 13.6 Å². The molecule has 0 saturated carbocycles. The van der Waals surface area contributed by atoms with Crippen molar-refractivity contribution < 1.29 is 0 Å². The Morgan fingerprint density at radius 3 is 2.95 bits per heavy atom. The van der Waals surface area contributed by atoms with Gasteiger partial charge in [-0.15, -0.1) is 0 Å². The molecule has 5 heteroatoms. The van der Waals surface area contributed by atoms with Crippen molar-refractivity contribution in [2.75, 3.05) is 6.54 Å². The largest absolute Gasteiger partial charge is 0.330 e. The maximum atomic E-state index is 4.82. The van der Waals surface area contributed by atoms with Gasteiger partial charge in [-0.05, 0) is 37.6 Å². The molecule has 1 aromatic carbocycles. The minimum atomic E-state index is 0.427. The standard InChI is InChI=1S/C17H21N5/c1-21-15-7-3-2-6-13(15)19-17(21)12-22-11-5-4-8-16(22)14-9-10-18-20-14/h2-3,6-7,9-10,16H,4-5,8,11-12H2,1H3,(H,18,20)/t16-/m0/s1. The summed E-state index contributed by atoms with van der Waals surface area (Å²) < 4.78 is 2.22. The number of aromatic nitrogens is 4. The number of H-pyrrole nitrogens is 1. The lowest BCUT2D eigenvalue weighted by atomic mass is 9.99. The summed E-state index contributed by atoms with van der Waals surface area (Å²) in [5.74, 6) is 1.13. The van der Waals surface area contributed by atoms with Crippen molar-refractivity contribution in [3.05, 3.63) is 48.0 Å². The van der Waals surface area contributed by atoms with Crippen molar-refractivity contribution in [2.45, 2.75) is 31.8 Å². The van der Waals surface area contributed by atoms with Crippen LogP contribution >= 0.6 is 0 Å². The third-order valence-electron chi connectivity index (χ3n) is 4.72. The van der Waals surface area contributed by atoms with Gasteiger partial charge in [-0.1, -0.05) is 18.6 Å². The predicted octanol–water partition coefficient (Wildman–Crippen LogP) is 3.02. The number of nitrogens with one attached hydrogen (secondary N) is 1. The van der Waals surface area contributed by atoms with Crippen LogP contribution in [0.5, 0.6) is 0 Å². The summed E-state index contributed by atoms with van der Waals surface area (Å²) in [4.78, 5) is 7.34. The first-order valence-corrected chi connectivity index (χ1v) is 7.96. The van der Waals surface area contributed by atoms with Crippen LogP contribution in [0.3, 0.4) is 0 Å². The Bertz CT molecular complexity index is 759. The highest BCUT2D eigenvalue weighted by Crippen LogP contribution is 2.31. The number of aromatic amines is 1. The number of hydrogen-bond acceptors (Lipinski definition) is 3. The van der Waals surface area contributed by atoms with Crippen LogP contribution in [-0.4, -0.2) is 31.2 Å². The Kier molecular flexibility index (Phi) is 3.42. The highest BCUT2D eigenvalue weighted by molar-refractivity contribution is 5.75. The second kappa shape index (κ2) is 5.57. The molecule has 0 amide bonds. The smallest absolute Gasteiger partial charge is 0.123 e. The molecule has 4 rings (SSSR count). The van der Waals surface area contributed by atoms with E-state index in [1.54, 1.807) is 0 Å². The van der Waals surface area contributed by atoms with Crippen LogP contribution in [0.4, 0.5) is 0 Å². The zero-order valence-electron chi connectivity index (χ0n) is 12.9. The number of fused-ring (bicyclic) bond motifs is 1.